The fraction of sp³-hybridized carbons (Fsp3) is 0.375. The van der Waals surface area contributed by atoms with Gasteiger partial charge in [0.2, 0.25) is 17.8 Å². The second-order valence-corrected chi connectivity index (χ2v) is 6.15. The van der Waals surface area contributed by atoms with Crippen molar-refractivity contribution in [3.8, 4) is 0 Å². The van der Waals surface area contributed by atoms with Gasteiger partial charge in [0.05, 0.1) is 4.88 Å². The average molecular weight is 290 g/mol. The van der Waals surface area contributed by atoms with E-state index in [0.29, 0.717) is 12.1 Å². The number of hydrogen-bond acceptors (Lipinski definition) is 2. The van der Waals surface area contributed by atoms with Crippen molar-refractivity contribution in [1.82, 2.24) is 0 Å². The molecule has 1 heterocycles. The third-order valence-electron chi connectivity index (χ3n) is 3.79. The summed E-state index contributed by atoms with van der Waals surface area (Å²) in [5, 5.41) is 0. The third kappa shape index (κ3) is 2.80. The molecule has 0 saturated heterocycles. The number of aromatic nitrogens is 1. The third-order valence-corrected chi connectivity index (χ3v) is 4.87. The molecule has 4 heteroatoms. The molecular formula is C16H17FNOS+. The summed E-state index contributed by atoms with van der Waals surface area (Å²) in [4.78, 5) is 13.7. The summed E-state index contributed by atoms with van der Waals surface area (Å²) in [6.45, 7) is 0.359. The number of hydrogen-bond donors (Lipinski definition) is 0. The van der Waals surface area contributed by atoms with Gasteiger partial charge in [-0.3, -0.25) is 4.79 Å². The highest BCUT2D eigenvalue weighted by molar-refractivity contribution is 7.09. The van der Waals surface area contributed by atoms with Crippen molar-refractivity contribution in [2.24, 2.45) is 0 Å². The molecule has 20 heavy (non-hydrogen) atoms. The van der Waals surface area contributed by atoms with E-state index in [4.69, 9.17) is 0 Å². The van der Waals surface area contributed by atoms with Crippen LogP contribution in [0.2, 0.25) is 0 Å². The number of Topliss-reactive ketones (excluding diaryl/α,β-unsaturated/α-hetero) is 1. The van der Waals surface area contributed by atoms with Gasteiger partial charge in [-0.15, -0.1) is 0 Å². The van der Waals surface area contributed by atoms with Crippen molar-refractivity contribution in [3.63, 3.8) is 0 Å². The lowest BCUT2D eigenvalue weighted by molar-refractivity contribution is -0.686. The first-order valence-electron chi connectivity index (χ1n) is 7.01. The molecule has 2 nitrogen and oxygen atoms in total. The molecule has 1 aliphatic carbocycles. The van der Waals surface area contributed by atoms with Crippen LogP contribution in [-0.4, -0.2) is 5.78 Å². The minimum atomic E-state index is -0.307. The highest BCUT2D eigenvalue weighted by Gasteiger charge is 2.23. The molecule has 0 saturated carbocycles. The van der Waals surface area contributed by atoms with Crippen LogP contribution in [0, 0.1) is 5.82 Å². The van der Waals surface area contributed by atoms with E-state index in [-0.39, 0.29) is 11.6 Å². The fourth-order valence-electron chi connectivity index (χ4n) is 2.67. The van der Waals surface area contributed by atoms with Crippen molar-refractivity contribution in [2.75, 3.05) is 0 Å². The topological polar surface area (TPSA) is 20.9 Å². The highest BCUT2D eigenvalue weighted by Crippen LogP contribution is 2.21. The Morgan fingerprint density at radius 1 is 1.15 bits per heavy atom. The van der Waals surface area contributed by atoms with Crippen LogP contribution in [0.5, 0.6) is 0 Å². The molecule has 1 aromatic heterocycles. The maximum Gasteiger partial charge on any atom is 0.227 e. The predicted octanol–water partition coefficient (Wildman–Crippen LogP) is 3.33. The van der Waals surface area contributed by atoms with Crippen LogP contribution in [0.3, 0.4) is 0 Å². The molecule has 0 aliphatic heterocycles. The summed E-state index contributed by atoms with van der Waals surface area (Å²) in [5.74, 6) is -0.265. The normalized spacial score (nSPS) is 14.7. The zero-order valence-corrected chi connectivity index (χ0v) is 12.1. The first-order chi connectivity index (χ1) is 9.74. The molecule has 0 unspecified atom stereocenters. The van der Waals surface area contributed by atoms with Gasteiger partial charge in [-0.2, -0.15) is 4.57 Å². The van der Waals surface area contributed by atoms with Crippen LogP contribution in [0.1, 0.15) is 40.2 Å². The molecule has 0 atom stereocenters. The van der Waals surface area contributed by atoms with Gasteiger partial charge in [-0.05, 0) is 43.5 Å². The van der Waals surface area contributed by atoms with Gasteiger partial charge >= 0.3 is 0 Å². The second-order valence-electron chi connectivity index (χ2n) is 5.21. The number of ketones is 1. The predicted molar refractivity (Wildman–Crippen MR) is 76.5 cm³/mol. The van der Waals surface area contributed by atoms with E-state index in [9.17, 15) is 9.18 Å². The molecule has 0 spiro atoms. The highest BCUT2D eigenvalue weighted by atomic mass is 32.1. The van der Waals surface area contributed by atoms with E-state index in [1.54, 1.807) is 23.5 Å². The van der Waals surface area contributed by atoms with Crippen molar-refractivity contribution in [3.05, 3.63) is 51.7 Å². The number of fused-ring (bicyclic) bond motifs is 1. The monoisotopic (exact) mass is 290 g/mol. The molecular weight excluding hydrogens is 273 g/mol. The molecule has 1 aliphatic rings. The SMILES string of the molecule is O=C(C[n+]1csc2c1CCCCC2)c1ccc(F)cc1. The van der Waals surface area contributed by atoms with Gasteiger partial charge in [0.15, 0.2) is 5.69 Å². The lowest BCUT2D eigenvalue weighted by Gasteiger charge is -1.99. The maximum atomic E-state index is 12.9. The Balaban J connectivity index is 1.79. The zero-order chi connectivity index (χ0) is 13.9. The van der Waals surface area contributed by atoms with Crippen molar-refractivity contribution in [1.29, 1.82) is 0 Å². The van der Waals surface area contributed by atoms with Crippen LogP contribution < -0.4 is 4.57 Å². The van der Waals surface area contributed by atoms with Crippen LogP contribution in [0.4, 0.5) is 4.39 Å². The lowest BCUT2D eigenvalue weighted by Crippen LogP contribution is -2.39. The van der Waals surface area contributed by atoms with Gasteiger partial charge in [-0.25, -0.2) is 4.39 Å². The van der Waals surface area contributed by atoms with Gasteiger partial charge in [0.25, 0.3) is 0 Å². The van der Waals surface area contributed by atoms with E-state index < -0.39 is 0 Å². The van der Waals surface area contributed by atoms with Gasteiger partial charge < -0.3 is 0 Å². The molecule has 3 rings (SSSR count). The Hall–Kier alpha value is -1.55. The Morgan fingerprint density at radius 2 is 1.90 bits per heavy atom. The van der Waals surface area contributed by atoms with Gasteiger partial charge in [0, 0.05) is 12.0 Å². The number of benzene rings is 1. The quantitative estimate of drug-likeness (QED) is 0.482. The van der Waals surface area contributed by atoms with Crippen LogP contribution in [0.25, 0.3) is 0 Å². The number of thiazole rings is 1. The number of carbonyl (C=O) groups is 1. The summed E-state index contributed by atoms with van der Waals surface area (Å²) in [7, 11) is 0. The number of halogens is 1. The zero-order valence-electron chi connectivity index (χ0n) is 11.3. The summed E-state index contributed by atoms with van der Waals surface area (Å²) in [6.07, 6.45) is 5.93. The molecule has 0 fully saturated rings. The van der Waals surface area contributed by atoms with Crippen LogP contribution in [0.15, 0.2) is 29.8 Å². The van der Waals surface area contributed by atoms with E-state index in [1.165, 1.54) is 42.0 Å². The van der Waals surface area contributed by atoms with Crippen molar-refractivity contribution in [2.45, 2.75) is 38.6 Å². The standard InChI is InChI=1S/C16H17FNOS/c17-13-8-6-12(7-9-13)15(19)10-18-11-20-16-5-3-1-2-4-14(16)18/h6-9,11H,1-5,10H2/q+1. The van der Waals surface area contributed by atoms with Crippen molar-refractivity contribution >= 4 is 17.1 Å². The second kappa shape index (κ2) is 5.83. The van der Waals surface area contributed by atoms with Gasteiger partial charge in [0.1, 0.15) is 5.82 Å². The minimum absolute atomic E-state index is 0.0415. The summed E-state index contributed by atoms with van der Waals surface area (Å²) >= 11 is 1.76. The molecule has 104 valence electrons. The van der Waals surface area contributed by atoms with Crippen molar-refractivity contribution < 1.29 is 13.8 Å². The van der Waals surface area contributed by atoms with Crippen LogP contribution in [-0.2, 0) is 19.4 Å². The largest absolute Gasteiger partial charge is 0.287 e. The molecule has 2 aromatic rings. The minimum Gasteiger partial charge on any atom is -0.287 e. The molecule has 0 amide bonds. The smallest absolute Gasteiger partial charge is 0.227 e. The fourth-order valence-corrected chi connectivity index (χ4v) is 3.75. The Kier molecular flexibility index (Phi) is 3.92. The first kappa shape index (κ1) is 13.4. The van der Waals surface area contributed by atoms with E-state index in [0.717, 1.165) is 12.8 Å². The summed E-state index contributed by atoms with van der Waals surface area (Å²) in [6, 6.07) is 5.80. The van der Waals surface area contributed by atoms with Gasteiger partial charge in [-0.1, -0.05) is 17.8 Å². The Bertz CT molecular complexity index is 618. The number of rotatable bonds is 3. The Labute approximate surface area is 121 Å². The van der Waals surface area contributed by atoms with E-state index in [1.807, 2.05) is 0 Å². The molecule has 0 N–H and O–H groups in total. The molecule has 1 aromatic carbocycles. The number of aryl methyl sites for hydroxylation is 1. The lowest BCUT2D eigenvalue weighted by atomic mass is 10.1. The van der Waals surface area contributed by atoms with Crippen LogP contribution >= 0.6 is 11.3 Å². The van der Waals surface area contributed by atoms with E-state index in [2.05, 4.69) is 10.1 Å². The molecule has 0 bridgehead atoms. The van der Waals surface area contributed by atoms with E-state index >= 15 is 0 Å². The molecule has 0 radical (unpaired) electrons. The first-order valence-corrected chi connectivity index (χ1v) is 7.89. The average Bonchev–Trinajstić information content (AvgIpc) is 2.69. The number of nitrogens with zero attached hydrogens (tertiary/aromatic N) is 1. The summed E-state index contributed by atoms with van der Waals surface area (Å²) < 4.78 is 15.0. The Morgan fingerprint density at radius 3 is 2.70 bits per heavy atom. The maximum absolute atomic E-state index is 12.9. The summed E-state index contributed by atoms with van der Waals surface area (Å²) in [5.41, 5.74) is 3.95. The number of carbonyl (C=O) groups excluding carboxylic acids is 1.